The lowest BCUT2D eigenvalue weighted by Crippen LogP contribution is -2.39. The van der Waals surface area contributed by atoms with Crippen LogP contribution in [0.4, 0.5) is 0 Å². The van der Waals surface area contributed by atoms with Gasteiger partial charge in [0.05, 0.1) is 6.54 Å². The van der Waals surface area contributed by atoms with Gasteiger partial charge in [0.2, 0.25) is 5.91 Å². The lowest BCUT2D eigenvalue weighted by atomic mass is 10.2. The molecule has 0 bridgehead atoms. The zero-order valence-corrected chi connectivity index (χ0v) is 10.3. The fourth-order valence-electron chi connectivity index (χ4n) is 1.52. The van der Waals surface area contributed by atoms with Crippen LogP contribution in [0.3, 0.4) is 0 Å². The molecule has 0 aromatic carbocycles. The van der Waals surface area contributed by atoms with Crippen LogP contribution in [-0.4, -0.2) is 43.5 Å². The quantitative estimate of drug-likeness (QED) is 0.617. The lowest BCUT2D eigenvalue weighted by Gasteiger charge is -2.23. The van der Waals surface area contributed by atoms with Gasteiger partial charge in [-0.1, -0.05) is 13.8 Å². The second-order valence-electron chi connectivity index (χ2n) is 4.22. The minimum absolute atomic E-state index is 0.107. The molecular weight excluding hydrogens is 190 g/mol. The summed E-state index contributed by atoms with van der Waals surface area (Å²) >= 11 is 0. The smallest absolute Gasteiger partial charge is 0.234 e. The van der Waals surface area contributed by atoms with Gasteiger partial charge in [0.1, 0.15) is 0 Å². The van der Waals surface area contributed by atoms with Crippen LogP contribution in [0.25, 0.3) is 0 Å². The largest absolute Gasteiger partial charge is 0.355 e. The van der Waals surface area contributed by atoms with Gasteiger partial charge in [-0.25, -0.2) is 0 Å². The third-order valence-corrected chi connectivity index (χ3v) is 2.04. The molecule has 0 aliphatic rings. The lowest BCUT2D eigenvalue weighted by molar-refractivity contribution is -0.122. The van der Waals surface area contributed by atoms with Crippen molar-refractivity contribution < 1.29 is 4.79 Å². The number of amides is 1. The fourth-order valence-corrected chi connectivity index (χ4v) is 1.52. The summed E-state index contributed by atoms with van der Waals surface area (Å²) in [6.07, 6.45) is 0.951. The third-order valence-electron chi connectivity index (χ3n) is 2.04. The molecule has 0 saturated carbocycles. The number of rotatable bonds is 8. The Hall–Kier alpha value is -0.610. The van der Waals surface area contributed by atoms with Gasteiger partial charge < -0.3 is 11.1 Å². The van der Waals surface area contributed by atoms with Crippen LogP contribution in [-0.2, 0) is 4.79 Å². The van der Waals surface area contributed by atoms with Gasteiger partial charge in [0, 0.05) is 13.1 Å². The van der Waals surface area contributed by atoms with E-state index in [2.05, 4.69) is 24.1 Å². The van der Waals surface area contributed by atoms with E-state index in [1.54, 1.807) is 0 Å². The molecule has 0 unspecified atom stereocenters. The summed E-state index contributed by atoms with van der Waals surface area (Å²) in [5.74, 6) is 0.687. The Morgan fingerprint density at radius 2 is 2.13 bits per heavy atom. The second kappa shape index (κ2) is 8.68. The first kappa shape index (κ1) is 14.4. The maximum atomic E-state index is 11.4. The predicted octanol–water partition coefficient (Wildman–Crippen LogP) is 0.429. The molecule has 0 saturated heterocycles. The molecule has 4 heteroatoms. The highest BCUT2D eigenvalue weighted by molar-refractivity contribution is 5.77. The molecule has 4 nitrogen and oxygen atoms in total. The number of nitrogens with two attached hydrogens (primary N) is 1. The molecule has 0 atom stereocenters. The summed E-state index contributed by atoms with van der Waals surface area (Å²) in [6.45, 7) is 10.00. The maximum absolute atomic E-state index is 11.4. The Morgan fingerprint density at radius 3 is 2.60 bits per heavy atom. The summed E-state index contributed by atoms with van der Waals surface area (Å²) in [6, 6.07) is 0. The standard InChI is InChI=1S/C11H25N3O/c1-4-13-11(15)9-14(7-5-6-12)8-10(2)3/h10H,4-9,12H2,1-3H3,(H,13,15). The van der Waals surface area contributed by atoms with Crippen LogP contribution in [0.15, 0.2) is 0 Å². The number of carbonyl (C=O) groups excluding carboxylic acids is 1. The van der Waals surface area contributed by atoms with Crippen LogP contribution in [0.2, 0.25) is 0 Å². The maximum Gasteiger partial charge on any atom is 0.234 e. The van der Waals surface area contributed by atoms with Crippen LogP contribution in [0.1, 0.15) is 27.2 Å². The minimum Gasteiger partial charge on any atom is -0.355 e. The number of nitrogens with zero attached hydrogens (tertiary/aromatic N) is 1. The normalized spacial score (nSPS) is 11.1. The SMILES string of the molecule is CCNC(=O)CN(CCCN)CC(C)C. The fraction of sp³-hybridized carbons (Fsp3) is 0.909. The van der Waals surface area contributed by atoms with Gasteiger partial charge >= 0.3 is 0 Å². The first-order valence-corrected chi connectivity index (χ1v) is 5.79. The van der Waals surface area contributed by atoms with Crippen LogP contribution in [0.5, 0.6) is 0 Å². The molecular formula is C11H25N3O. The predicted molar refractivity (Wildman–Crippen MR) is 63.6 cm³/mol. The monoisotopic (exact) mass is 215 g/mol. The second-order valence-corrected chi connectivity index (χ2v) is 4.22. The van der Waals surface area contributed by atoms with E-state index < -0.39 is 0 Å². The molecule has 1 amide bonds. The van der Waals surface area contributed by atoms with E-state index in [9.17, 15) is 4.79 Å². The van der Waals surface area contributed by atoms with Gasteiger partial charge in [-0.2, -0.15) is 0 Å². The highest BCUT2D eigenvalue weighted by Crippen LogP contribution is 1.99. The Kier molecular flexibility index (Phi) is 8.33. The van der Waals surface area contributed by atoms with Gasteiger partial charge in [-0.15, -0.1) is 0 Å². The van der Waals surface area contributed by atoms with Crippen molar-refractivity contribution >= 4 is 5.91 Å². The average molecular weight is 215 g/mol. The number of hydrogen-bond acceptors (Lipinski definition) is 3. The van der Waals surface area contributed by atoms with Gasteiger partial charge in [-0.05, 0) is 32.4 Å². The van der Waals surface area contributed by atoms with E-state index in [0.717, 1.165) is 19.5 Å². The molecule has 90 valence electrons. The molecule has 3 N–H and O–H groups in total. The van der Waals surface area contributed by atoms with Crippen molar-refractivity contribution in [3.05, 3.63) is 0 Å². The van der Waals surface area contributed by atoms with E-state index in [1.807, 2.05) is 6.92 Å². The average Bonchev–Trinajstić information content (AvgIpc) is 2.13. The summed E-state index contributed by atoms with van der Waals surface area (Å²) in [4.78, 5) is 13.6. The summed E-state index contributed by atoms with van der Waals surface area (Å²) < 4.78 is 0. The van der Waals surface area contributed by atoms with E-state index in [0.29, 0.717) is 25.6 Å². The zero-order chi connectivity index (χ0) is 11.7. The molecule has 15 heavy (non-hydrogen) atoms. The van der Waals surface area contributed by atoms with E-state index >= 15 is 0 Å². The van der Waals surface area contributed by atoms with Crippen molar-refractivity contribution in [2.75, 3.05) is 32.7 Å². The molecule has 0 aromatic rings. The highest BCUT2D eigenvalue weighted by Gasteiger charge is 2.10. The molecule has 0 heterocycles. The van der Waals surface area contributed by atoms with Crippen LogP contribution >= 0.6 is 0 Å². The minimum atomic E-state index is 0.107. The summed E-state index contributed by atoms with van der Waals surface area (Å²) in [5.41, 5.74) is 5.47. The van der Waals surface area contributed by atoms with Crippen LogP contribution in [0, 0.1) is 5.92 Å². The molecule has 0 aromatic heterocycles. The Morgan fingerprint density at radius 1 is 1.47 bits per heavy atom. The van der Waals surface area contributed by atoms with Crippen molar-refractivity contribution in [2.45, 2.75) is 27.2 Å². The van der Waals surface area contributed by atoms with E-state index in [1.165, 1.54) is 0 Å². The van der Waals surface area contributed by atoms with E-state index in [4.69, 9.17) is 5.73 Å². The Labute approximate surface area is 93.2 Å². The van der Waals surface area contributed by atoms with Crippen molar-refractivity contribution in [1.29, 1.82) is 0 Å². The number of carbonyl (C=O) groups is 1. The van der Waals surface area contributed by atoms with E-state index in [-0.39, 0.29) is 5.91 Å². The Bertz CT molecular complexity index is 171. The first-order chi connectivity index (χ1) is 7.10. The molecule has 0 radical (unpaired) electrons. The first-order valence-electron chi connectivity index (χ1n) is 5.79. The third kappa shape index (κ3) is 8.39. The molecule has 0 aliphatic heterocycles. The topological polar surface area (TPSA) is 58.4 Å². The Balaban J connectivity index is 3.93. The molecule has 0 aliphatic carbocycles. The summed E-state index contributed by atoms with van der Waals surface area (Å²) in [7, 11) is 0. The van der Waals surface area contributed by atoms with Crippen LogP contribution < -0.4 is 11.1 Å². The molecule has 0 fully saturated rings. The molecule has 0 spiro atoms. The van der Waals surface area contributed by atoms with Crippen molar-refractivity contribution in [3.8, 4) is 0 Å². The highest BCUT2D eigenvalue weighted by atomic mass is 16.2. The zero-order valence-electron chi connectivity index (χ0n) is 10.3. The van der Waals surface area contributed by atoms with Crippen molar-refractivity contribution in [3.63, 3.8) is 0 Å². The van der Waals surface area contributed by atoms with Gasteiger partial charge in [-0.3, -0.25) is 9.69 Å². The number of hydrogen-bond donors (Lipinski definition) is 2. The van der Waals surface area contributed by atoms with Gasteiger partial charge in [0.25, 0.3) is 0 Å². The van der Waals surface area contributed by atoms with Gasteiger partial charge in [0.15, 0.2) is 0 Å². The van der Waals surface area contributed by atoms with Crippen molar-refractivity contribution in [2.24, 2.45) is 11.7 Å². The molecule has 0 rings (SSSR count). The number of nitrogens with one attached hydrogen (secondary N) is 1. The summed E-state index contributed by atoms with van der Waals surface area (Å²) in [5, 5.41) is 2.81. The van der Waals surface area contributed by atoms with Crippen molar-refractivity contribution in [1.82, 2.24) is 10.2 Å². The number of likely N-dealkylation sites (N-methyl/N-ethyl adjacent to an activating group) is 1.